The van der Waals surface area contributed by atoms with Crippen LogP contribution in [0.1, 0.15) is 31.9 Å². The number of nitrogens with one attached hydrogen (secondary N) is 1. The van der Waals surface area contributed by atoms with Crippen molar-refractivity contribution in [1.82, 2.24) is 5.32 Å². The van der Waals surface area contributed by atoms with Gasteiger partial charge in [-0.05, 0) is 26.0 Å². The van der Waals surface area contributed by atoms with Crippen molar-refractivity contribution in [1.29, 1.82) is 0 Å². The molecular formula is C14H21NO3. The first-order valence-corrected chi connectivity index (χ1v) is 6.21. The topological polar surface area (TPSA) is 47.6 Å². The van der Waals surface area contributed by atoms with Gasteiger partial charge in [-0.1, -0.05) is 25.1 Å². The maximum absolute atomic E-state index is 11.1. The highest BCUT2D eigenvalue weighted by Gasteiger charge is 2.11. The lowest BCUT2D eigenvalue weighted by molar-refractivity contribution is -0.142. The van der Waals surface area contributed by atoms with E-state index in [9.17, 15) is 4.79 Å². The Hall–Kier alpha value is -1.55. The molecule has 0 spiro atoms. The largest absolute Gasteiger partial charge is 0.482 e. The second-order valence-corrected chi connectivity index (χ2v) is 4.08. The number of benzene rings is 1. The second-order valence-electron chi connectivity index (χ2n) is 4.08. The molecule has 1 atom stereocenters. The highest BCUT2D eigenvalue weighted by molar-refractivity contribution is 5.70. The number of methoxy groups -OCH3 is 1. The van der Waals surface area contributed by atoms with E-state index in [1.807, 2.05) is 24.3 Å². The summed E-state index contributed by atoms with van der Waals surface area (Å²) in [5.41, 5.74) is 1.05. The summed E-state index contributed by atoms with van der Waals surface area (Å²) in [6, 6.07) is 7.91. The fourth-order valence-electron chi connectivity index (χ4n) is 1.64. The van der Waals surface area contributed by atoms with E-state index >= 15 is 0 Å². The minimum Gasteiger partial charge on any atom is -0.482 e. The van der Waals surface area contributed by atoms with Crippen molar-refractivity contribution in [2.45, 2.75) is 26.3 Å². The Balaban J connectivity index is 2.69. The van der Waals surface area contributed by atoms with E-state index in [1.165, 1.54) is 7.11 Å². The standard InChI is InChI=1S/C14H21NO3/c1-4-9-15-11(2)12-7-5-6-8-13(12)18-10-14(16)17-3/h5-8,11,15H,4,9-10H2,1-3H3. The number of carbonyl (C=O) groups is 1. The molecule has 0 fully saturated rings. The van der Waals surface area contributed by atoms with Gasteiger partial charge in [-0.3, -0.25) is 0 Å². The lowest BCUT2D eigenvalue weighted by Gasteiger charge is -2.17. The zero-order chi connectivity index (χ0) is 13.4. The van der Waals surface area contributed by atoms with Gasteiger partial charge in [0.1, 0.15) is 5.75 Å². The van der Waals surface area contributed by atoms with Gasteiger partial charge in [0.25, 0.3) is 0 Å². The van der Waals surface area contributed by atoms with Crippen LogP contribution in [0.4, 0.5) is 0 Å². The van der Waals surface area contributed by atoms with Crippen LogP contribution in [0.5, 0.6) is 5.75 Å². The zero-order valence-corrected chi connectivity index (χ0v) is 11.2. The van der Waals surface area contributed by atoms with E-state index < -0.39 is 0 Å². The van der Waals surface area contributed by atoms with Crippen LogP contribution in [0.25, 0.3) is 0 Å². The van der Waals surface area contributed by atoms with Gasteiger partial charge in [0.15, 0.2) is 6.61 Å². The molecular weight excluding hydrogens is 230 g/mol. The van der Waals surface area contributed by atoms with E-state index in [2.05, 4.69) is 23.9 Å². The van der Waals surface area contributed by atoms with E-state index in [1.54, 1.807) is 0 Å². The second kappa shape index (κ2) is 7.71. The van der Waals surface area contributed by atoms with Gasteiger partial charge < -0.3 is 14.8 Å². The first-order valence-electron chi connectivity index (χ1n) is 6.21. The van der Waals surface area contributed by atoms with Crippen molar-refractivity contribution in [2.75, 3.05) is 20.3 Å². The summed E-state index contributed by atoms with van der Waals surface area (Å²) in [6.45, 7) is 5.09. The highest BCUT2D eigenvalue weighted by Crippen LogP contribution is 2.24. The van der Waals surface area contributed by atoms with Crippen LogP contribution in [-0.4, -0.2) is 26.2 Å². The molecule has 0 saturated heterocycles. The van der Waals surface area contributed by atoms with Crippen molar-refractivity contribution in [3.8, 4) is 5.75 Å². The maximum Gasteiger partial charge on any atom is 0.343 e. The molecule has 1 aromatic carbocycles. The van der Waals surface area contributed by atoms with Crippen molar-refractivity contribution in [3.05, 3.63) is 29.8 Å². The molecule has 0 bridgehead atoms. The van der Waals surface area contributed by atoms with Crippen LogP contribution in [0, 0.1) is 0 Å². The monoisotopic (exact) mass is 251 g/mol. The van der Waals surface area contributed by atoms with Crippen LogP contribution in [0.3, 0.4) is 0 Å². The molecule has 0 aliphatic carbocycles. The van der Waals surface area contributed by atoms with Gasteiger partial charge in [0.2, 0.25) is 0 Å². The van der Waals surface area contributed by atoms with Crippen LogP contribution in [0.2, 0.25) is 0 Å². The molecule has 0 aliphatic heterocycles. The molecule has 0 radical (unpaired) electrons. The minimum absolute atomic E-state index is 0.0615. The Kier molecular flexibility index (Phi) is 6.22. The first kappa shape index (κ1) is 14.5. The fourth-order valence-corrected chi connectivity index (χ4v) is 1.64. The Labute approximate surface area is 108 Å². The minimum atomic E-state index is -0.376. The molecule has 1 unspecified atom stereocenters. The third-order valence-corrected chi connectivity index (χ3v) is 2.66. The normalized spacial score (nSPS) is 11.9. The molecule has 0 aromatic heterocycles. The van der Waals surface area contributed by atoms with E-state index in [4.69, 9.17) is 4.74 Å². The highest BCUT2D eigenvalue weighted by atomic mass is 16.6. The Morgan fingerprint density at radius 2 is 2.11 bits per heavy atom. The van der Waals surface area contributed by atoms with E-state index in [-0.39, 0.29) is 18.6 Å². The number of carbonyl (C=O) groups excluding carboxylic acids is 1. The van der Waals surface area contributed by atoms with Gasteiger partial charge in [-0.2, -0.15) is 0 Å². The molecule has 0 saturated carbocycles. The first-order chi connectivity index (χ1) is 8.69. The van der Waals surface area contributed by atoms with Crippen molar-refractivity contribution in [3.63, 3.8) is 0 Å². The molecule has 1 N–H and O–H groups in total. The Morgan fingerprint density at radius 1 is 1.39 bits per heavy atom. The third kappa shape index (κ3) is 4.37. The van der Waals surface area contributed by atoms with Crippen LogP contribution in [0.15, 0.2) is 24.3 Å². The summed E-state index contributed by atoms with van der Waals surface area (Å²) in [5.74, 6) is 0.345. The van der Waals surface area contributed by atoms with Crippen molar-refractivity contribution >= 4 is 5.97 Å². The fraction of sp³-hybridized carbons (Fsp3) is 0.500. The molecule has 1 aromatic rings. The maximum atomic E-state index is 11.1. The molecule has 0 amide bonds. The SMILES string of the molecule is CCCNC(C)c1ccccc1OCC(=O)OC. The number of hydrogen-bond donors (Lipinski definition) is 1. The summed E-state index contributed by atoms with van der Waals surface area (Å²) in [6.07, 6.45) is 1.08. The third-order valence-electron chi connectivity index (χ3n) is 2.66. The quantitative estimate of drug-likeness (QED) is 0.755. The van der Waals surface area contributed by atoms with Crippen LogP contribution in [-0.2, 0) is 9.53 Å². The smallest absolute Gasteiger partial charge is 0.343 e. The number of hydrogen-bond acceptors (Lipinski definition) is 4. The predicted molar refractivity (Wildman–Crippen MR) is 70.7 cm³/mol. The van der Waals surface area contributed by atoms with Crippen molar-refractivity contribution < 1.29 is 14.3 Å². The summed E-state index contributed by atoms with van der Waals surface area (Å²) in [5, 5.41) is 3.39. The molecule has 0 aliphatic rings. The van der Waals surface area contributed by atoms with Gasteiger partial charge in [0, 0.05) is 11.6 Å². The lowest BCUT2D eigenvalue weighted by atomic mass is 10.1. The van der Waals surface area contributed by atoms with E-state index in [0.717, 1.165) is 24.3 Å². The molecule has 4 nitrogen and oxygen atoms in total. The van der Waals surface area contributed by atoms with Crippen molar-refractivity contribution in [2.24, 2.45) is 0 Å². The van der Waals surface area contributed by atoms with Gasteiger partial charge >= 0.3 is 5.97 Å². The molecule has 4 heteroatoms. The summed E-state index contributed by atoms with van der Waals surface area (Å²) in [4.78, 5) is 11.1. The Morgan fingerprint density at radius 3 is 2.78 bits per heavy atom. The summed E-state index contributed by atoms with van der Waals surface area (Å²) < 4.78 is 10.0. The van der Waals surface area contributed by atoms with Gasteiger partial charge in [-0.25, -0.2) is 4.79 Å². The lowest BCUT2D eigenvalue weighted by Crippen LogP contribution is -2.21. The number of esters is 1. The van der Waals surface area contributed by atoms with Gasteiger partial charge in [-0.15, -0.1) is 0 Å². The average Bonchev–Trinajstić information content (AvgIpc) is 2.42. The molecule has 18 heavy (non-hydrogen) atoms. The van der Waals surface area contributed by atoms with E-state index in [0.29, 0.717) is 0 Å². The number of para-hydroxylation sites is 1. The molecule has 1 rings (SSSR count). The van der Waals surface area contributed by atoms with Crippen LogP contribution >= 0.6 is 0 Å². The predicted octanol–water partition coefficient (Wildman–Crippen LogP) is 2.30. The summed E-state index contributed by atoms with van der Waals surface area (Å²) >= 11 is 0. The van der Waals surface area contributed by atoms with Gasteiger partial charge in [0.05, 0.1) is 7.11 Å². The average molecular weight is 251 g/mol. The molecule has 100 valence electrons. The number of rotatable bonds is 7. The summed E-state index contributed by atoms with van der Waals surface area (Å²) in [7, 11) is 1.35. The zero-order valence-electron chi connectivity index (χ0n) is 11.2. The number of ether oxygens (including phenoxy) is 2. The van der Waals surface area contributed by atoms with Crippen LogP contribution < -0.4 is 10.1 Å². The Bertz CT molecular complexity index is 379. The molecule has 0 heterocycles.